The molecule has 158 valence electrons. The number of anilines is 1. The maximum atomic E-state index is 5.60. The predicted molar refractivity (Wildman–Crippen MR) is 116 cm³/mol. The zero-order valence-electron chi connectivity index (χ0n) is 18.0. The van der Waals surface area contributed by atoms with Crippen LogP contribution in [0.5, 0.6) is 11.5 Å². The van der Waals surface area contributed by atoms with Crippen molar-refractivity contribution in [2.45, 2.75) is 39.8 Å². The van der Waals surface area contributed by atoms with Crippen LogP contribution >= 0.6 is 0 Å². The maximum Gasteiger partial charge on any atom is 0.191 e. The lowest BCUT2D eigenvalue weighted by atomic mass is 10.2. The third kappa shape index (κ3) is 5.37. The van der Waals surface area contributed by atoms with E-state index in [2.05, 4.69) is 28.5 Å². The summed E-state index contributed by atoms with van der Waals surface area (Å²) in [6.45, 7) is 9.30. The number of methoxy groups -OCH3 is 2. The molecule has 2 heterocycles. The topological polar surface area (TPSA) is 71.3 Å². The van der Waals surface area contributed by atoms with Crippen LogP contribution in [0.2, 0.25) is 0 Å². The number of rotatable bonds is 7. The largest absolute Gasteiger partial charge is 0.497 e. The van der Waals surface area contributed by atoms with Crippen molar-refractivity contribution >= 4 is 11.6 Å². The fourth-order valence-corrected chi connectivity index (χ4v) is 3.61. The van der Waals surface area contributed by atoms with E-state index in [1.807, 2.05) is 32.0 Å². The molecule has 1 aromatic carbocycles. The van der Waals surface area contributed by atoms with Crippen molar-refractivity contribution in [2.75, 3.05) is 38.8 Å². The van der Waals surface area contributed by atoms with Gasteiger partial charge in [-0.2, -0.15) is 0 Å². The Hall–Kier alpha value is -2.83. The summed E-state index contributed by atoms with van der Waals surface area (Å²) in [5, 5.41) is 6.92. The van der Waals surface area contributed by atoms with Crippen molar-refractivity contribution in [3.8, 4) is 11.5 Å². The van der Waals surface area contributed by atoms with E-state index in [1.165, 1.54) is 0 Å². The molecule has 7 heteroatoms. The molecular weight excluding hydrogens is 368 g/mol. The third-order valence-electron chi connectivity index (χ3n) is 5.13. The van der Waals surface area contributed by atoms with Crippen LogP contribution in [0, 0.1) is 13.8 Å². The lowest BCUT2D eigenvalue weighted by molar-refractivity contribution is 0.394. The first-order valence-corrected chi connectivity index (χ1v) is 10.1. The van der Waals surface area contributed by atoms with Gasteiger partial charge in [0.2, 0.25) is 0 Å². The van der Waals surface area contributed by atoms with Crippen LogP contribution in [-0.4, -0.2) is 45.9 Å². The molecule has 2 aromatic rings. The van der Waals surface area contributed by atoms with E-state index in [0.29, 0.717) is 12.6 Å². The molecule has 1 atom stereocenters. The second-order valence-corrected chi connectivity index (χ2v) is 7.28. The minimum absolute atomic E-state index is 0.317. The van der Waals surface area contributed by atoms with Crippen LogP contribution in [0.4, 0.5) is 5.69 Å². The van der Waals surface area contributed by atoms with Crippen molar-refractivity contribution in [1.82, 2.24) is 10.6 Å². The van der Waals surface area contributed by atoms with E-state index < -0.39 is 0 Å². The predicted octanol–water partition coefficient (Wildman–Crippen LogP) is 3.25. The highest BCUT2D eigenvalue weighted by Crippen LogP contribution is 2.30. The van der Waals surface area contributed by atoms with Crippen LogP contribution in [0.15, 0.2) is 33.7 Å². The highest BCUT2D eigenvalue weighted by Gasteiger charge is 2.24. The molecule has 1 unspecified atom stereocenters. The van der Waals surface area contributed by atoms with Crippen LogP contribution in [-0.2, 0) is 6.54 Å². The Bertz CT molecular complexity index is 824. The van der Waals surface area contributed by atoms with Gasteiger partial charge in [-0.3, -0.25) is 0 Å². The molecule has 1 aliphatic rings. The quantitative estimate of drug-likeness (QED) is 0.549. The van der Waals surface area contributed by atoms with Gasteiger partial charge in [0.1, 0.15) is 23.0 Å². The molecule has 1 saturated heterocycles. The molecule has 1 aromatic heterocycles. The van der Waals surface area contributed by atoms with E-state index in [1.54, 1.807) is 14.2 Å². The summed E-state index contributed by atoms with van der Waals surface area (Å²) in [7, 11) is 3.35. The van der Waals surface area contributed by atoms with Crippen LogP contribution in [0.3, 0.4) is 0 Å². The molecule has 0 saturated carbocycles. The molecule has 0 bridgehead atoms. The van der Waals surface area contributed by atoms with Crippen molar-refractivity contribution in [1.29, 1.82) is 0 Å². The van der Waals surface area contributed by atoms with E-state index in [0.717, 1.165) is 66.3 Å². The number of guanidine groups is 1. The fraction of sp³-hybridized carbons (Fsp3) is 0.500. The zero-order valence-corrected chi connectivity index (χ0v) is 18.0. The molecule has 0 amide bonds. The van der Waals surface area contributed by atoms with Gasteiger partial charge in [0, 0.05) is 55.1 Å². The lowest BCUT2D eigenvalue weighted by Gasteiger charge is -2.21. The fourth-order valence-electron chi connectivity index (χ4n) is 3.61. The summed E-state index contributed by atoms with van der Waals surface area (Å²) in [4.78, 5) is 7.09. The molecular formula is C22H32N4O3. The molecule has 2 N–H and O–H groups in total. The zero-order chi connectivity index (χ0) is 20.8. The number of nitrogens with zero attached hydrogens (tertiary/aromatic N) is 2. The summed E-state index contributed by atoms with van der Waals surface area (Å²) in [5.74, 6) is 4.29. The molecule has 7 nitrogen and oxygen atoms in total. The highest BCUT2D eigenvalue weighted by atomic mass is 16.5. The average Bonchev–Trinajstić information content (AvgIpc) is 3.31. The van der Waals surface area contributed by atoms with Gasteiger partial charge < -0.3 is 29.4 Å². The van der Waals surface area contributed by atoms with E-state index >= 15 is 0 Å². The smallest absolute Gasteiger partial charge is 0.191 e. The molecule has 1 aliphatic heterocycles. The summed E-state index contributed by atoms with van der Waals surface area (Å²) >= 11 is 0. The number of hydrogen-bond donors (Lipinski definition) is 2. The van der Waals surface area contributed by atoms with Gasteiger partial charge in [-0.1, -0.05) is 0 Å². The number of aryl methyl sites for hydroxylation is 2. The minimum atomic E-state index is 0.317. The van der Waals surface area contributed by atoms with Crippen molar-refractivity contribution in [3.63, 3.8) is 0 Å². The number of aliphatic imine (C=N–C) groups is 1. The SMILES string of the molecule is CCNC(=NCc1cc(C)oc1C)NC1CCN(c2cc(OC)cc(OC)c2)C1. The monoisotopic (exact) mass is 400 g/mol. The normalized spacial score (nSPS) is 16.8. The summed E-state index contributed by atoms with van der Waals surface area (Å²) in [5.41, 5.74) is 2.23. The Balaban J connectivity index is 1.65. The Morgan fingerprint density at radius 1 is 1.17 bits per heavy atom. The average molecular weight is 401 g/mol. The molecule has 1 fully saturated rings. The number of nitrogens with one attached hydrogen (secondary N) is 2. The Morgan fingerprint density at radius 2 is 1.90 bits per heavy atom. The number of benzene rings is 1. The number of hydrogen-bond acceptors (Lipinski definition) is 5. The molecule has 0 radical (unpaired) electrons. The minimum Gasteiger partial charge on any atom is -0.497 e. The standard InChI is InChI=1S/C22H32N4O3/c1-6-23-22(24-13-17-9-15(2)29-16(17)3)25-18-7-8-26(14-18)19-10-20(27-4)12-21(11-19)28-5/h9-12,18H,6-8,13-14H2,1-5H3,(H2,23,24,25). The van der Waals surface area contributed by atoms with Crippen LogP contribution in [0.25, 0.3) is 0 Å². The van der Waals surface area contributed by atoms with Gasteiger partial charge in [0.05, 0.1) is 20.8 Å². The van der Waals surface area contributed by atoms with Crippen molar-refractivity contribution in [3.05, 3.63) is 41.3 Å². The van der Waals surface area contributed by atoms with Gasteiger partial charge in [-0.15, -0.1) is 0 Å². The van der Waals surface area contributed by atoms with Gasteiger partial charge in [0.15, 0.2) is 5.96 Å². The third-order valence-corrected chi connectivity index (χ3v) is 5.13. The summed E-state index contributed by atoms with van der Waals surface area (Å²) < 4.78 is 16.4. The van der Waals surface area contributed by atoms with Crippen LogP contribution < -0.4 is 25.0 Å². The first-order chi connectivity index (χ1) is 14.0. The van der Waals surface area contributed by atoms with Gasteiger partial charge in [0.25, 0.3) is 0 Å². The molecule has 0 spiro atoms. The Labute approximate surface area is 173 Å². The summed E-state index contributed by atoms with van der Waals surface area (Å²) in [6, 6.07) is 8.36. The van der Waals surface area contributed by atoms with E-state index in [9.17, 15) is 0 Å². The molecule has 29 heavy (non-hydrogen) atoms. The number of ether oxygens (including phenoxy) is 2. The maximum absolute atomic E-state index is 5.60. The van der Waals surface area contributed by atoms with Crippen LogP contribution in [0.1, 0.15) is 30.4 Å². The second kappa shape index (κ2) is 9.58. The van der Waals surface area contributed by atoms with E-state index in [-0.39, 0.29) is 0 Å². The second-order valence-electron chi connectivity index (χ2n) is 7.28. The first-order valence-electron chi connectivity index (χ1n) is 10.1. The number of furan rings is 1. The summed E-state index contributed by atoms with van der Waals surface area (Å²) in [6.07, 6.45) is 1.04. The van der Waals surface area contributed by atoms with Gasteiger partial charge >= 0.3 is 0 Å². The Morgan fingerprint density at radius 3 is 2.48 bits per heavy atom. The Kier molecular flexibility index (Phi) is 6.90. The lowest BCUT2D eigenvalue weighted by Crippen LogP contribution is -2.44. The van der Waals surface area contributed by atoms with Gasteiger partial charge in [-0.05, 0) is 33.3 Å². The highest BCUT2D eigenvalue weighted by molar-refractivity contribution is 5.80. The first kappa shape index (κ1) is 20.9. The van der Waals surface area contributed by atoms with Crippen molar-refractivity contribution < 1.29 is 13.9 Å². The van der Waals surface area contributed by atoms with E-state index in [4.69, 9.17) is 18.9 Å². The van der Waals surface area contributed by atoms with Gasteiger partial charge in [-0.25, -0.2) is 4.99 Å². The molecule has 3 rings (SSSR count). The van der Waals surface area contributed by atoms with Crippen molar-refractivity contribution in [2.24, 2.45) is 4.99 Å². The molecule has 0 aliphatic carbocycles.